The molecule has 1 aromatic heterocycles. The zero-order chi connectivity index (χ0) is 22.7. The monoisotopic (exact) mass is 422 g/mol. The molecule has 31 heavy (non-hydrogen) atoms. The van der Waals surface area contributed by atoms with Gasteiger partial charge in [-0.15, -0.1) is 0 Å². The van der Waals surface area contributed by atoms with E-state index in [1.165, 1.54) is 13.8 Å². The van der Waals surface area contributed by atoms with E-state index >= 15 is 0 Å². The first kappa shape index (κ1) is 22.1. The van der Waals surface area contributed by atoms with Gasteiger partial charge in [-0.1, -0.05) is 30.3 Å². The molecular weight excluding hydrogens is 398 g/mol. The number of carboxylic acid groups (broad SMARTS) is 1. The fourth-order valence-electron chi connectivity index (χ4n) is 3.34. The third kappa shape index (κ3) is 4.77. The van der Waals surface area contributed by atoms with Crippen molar-refractivity contribution in [3.05, 3.63) is 75.1 Å². The summed E-state index contributed by atoms with van der Waals surface area (Å²) in [6, 6.07) is 12.0. The Bertz CT molecular complexity index is 1180. The van der Waals surface area contributed by atoms with Crippen molar-refractivity contribution in [1.82, 2.24) is 5.32 Å². The van der Waals surface area contributed by atoms with Gasteiger partial charge in [-0.05, 0) is 51.0 Å². The number of ether oxygens (including phenoxy) is 1. The summed E-state index contributed by atoms with van der Waals surface area (Å²) in [4.78, 5) is 35.7. The highest BCUT2D eigenvalue weighted by Gasteiger charge is 2.20. The van der Waals surface area contributed by atoms with E-state index in [0.717, 1.165) is 16.5 Å². The van der Waals surface area contributed by atoms with Gasteiger partial charge in [0.2, 0.25) is 0 Å². The lowest BCUT2D eigenvalue weighted by Crippen LogP contribution is -2.49. The van der Waals surface area contributed by atoms with Gasteiger partial charge in [0.05, 0.1) is 12.0 Å². The van der Waals surface area contributed by atoms with Crippen molar-refractivity contribution in [2.45, 2.75) is 46.3 Å². The molecule has 2 aromatic carbocycles. The summed E-state index contributed by atoms with van der Waals surface area (Å²) >= 11 is 0. The Balaban J connectivity index is 1.90. The Morgan fingerprint density at radius 1 is 1.06 bits per heavy atom. The van der Waals surface area contributed by atoms with E-state index < -0.39 is 29.6 Å². The molecule has 0 aliphatic rings. The molecule has 1 N–H and O–H groups in total. The summed E-state index contributed by atoms with van der Waals surface area (Å²) < 4.78 is 11.3. The Morgan fingerprint density at radius 3 is 2.39 bits per heavy atom. The number of hydrogen-bond acceptors (Lipinski definition) is 6. The Kier molecular flexibility index (Phi) is 6.44. The number of carbonyl (C=O) groups excluding carboxylic acids is 2. The van der Waals surface area contributed by atoms with Gasteiger partial charge < -0.3 is 24.4 Å². The molecule has 7 nitrogen and oxygen atoms in total. The molecule has 0 aliphatic heterocycles. The molecule has 0 unspecified atom stereocenters. The average Bonchev–Trinajstić information content (AvgIpc) is 2.74. The first-order chi connectivity index (χ1) is 14.7. The molecule has 3 aromatic rings. The van der Waals surface area contributed by atoms with Crippen LogP contribution < -0.4 is 20.8 Å². The predicted molar refractivity (Wildman–Crippen MR) is 114 cm³/mol. The molecule has 7 heteroatoms. The van der Waals surface area contributed by atoms with Crippen molar-refractivity contribution >= 4 is 22.8 Å². The lowest BCUT2D eigenvalue weighted by atomic mass is 9.98. The maximum atomic E-state index is 12.7. The van der Waals surface area contributed by atoms with E-state index in [0.29, 0.717) is 28.9 Å². The van der Waals surface area contributed by atoms with Crippen LogP contribution in [0.3, 0.4) is 0 Å². The number of fused-ring (bicyclic) bond motifs is 1. The third-order valence-corrected chi connectivity index (χ3v) is 5.26. The average molecular weight is 422 g/mol. The number of aliphatic carboxylic acids is 1. The van der Waals surface area contributed by atoms with E-state index in [4.69, 9.17) is 9.15 Å². The molecule has 0 fully saturated rings. The molecule has 1 heterocycles. The number of hydrogen-bond donors (Lipinski definition) is 1. The van der Waals surface area contributed by atoms with Crippen LogP contribution in [0.25, 0.3) is 11.0 Å². The van der Waals surface area contributed by atoms with Crippen molar-refractivity contribution < 1.29 is 23.8 Å². The highest BCUT2D eigenvalue weighted by atomic mass is 16.5. The summed E-state index contributed by atoms with van der Waals surface area (Å²) in [5, 5.41) is 13.9. The van der Waals surface area contributed by atoms with E-state index in [9.17, 15) is 19.5 Å². The number of nitrogens with one attached hydrogen (secondary N) is 1. The van der Waals surface area contributed by atoms with Gasteiger partial charge in [0.15, 0.2) is 6.10 Å². The van der Waals surface area contributed by atoms with Gasteiger partial charge in [-0.2, -0.15) is 0 Å². The fourth-order valence-corrected chi connectivity index (χ4v) is 3.34. The number of carboxylic acids is 1. The number of amides is 1. The van der Waals surface area contributed by atoms with E-state index in [-0.39, 0.29) is 0 Å². The molecule has 162 valence electrons. The maximum absolute atomic E-state index is 12.7. The van der Waals surface area contributed by atoms with E-state index in [1.54, 1.807) is 19.1 Å². The van der Waals surface area contributed by atoms with E-state index in [1.807, 2.05) is 37.3 Å². The van der Waals surface area contributed by atoms with Gasteiger partial charge in [0.25, 0.3) is 5.91 Å². The van der Waals surface area contributed by atoms with Crippen LogP contribution in [0, 0.1) is 13.8 Å². The summed E-state index contributed by atoms with van der Waals surface area (Å²) in [7, 11) is 0. The molecule has 0 spiro atoms. The molecule has 0 radical (unpaired) electrons. The number of carbonyl (C=O) groups is 2. The number of rotatable bonds is 7. The zero-order valence-electron chi connectivity index (χ0n) is 17.9. The van der Waals surface area contributed by atoms with Gasteiger partial charge in [0, 0.05) is 22.9 Å². The minimum absolute atomic E-state index is 0.370. The second-order valence-corrected chi connectivity index (χ2v) is 7.53. The first-order valence-corrected chi connectivity index (χ1v) is 9.96. The minimum Gasteiger partial charge on any atom is -0.548 e. The lowest BCUT2D eigenvalue weighted by molar-refractivity contribution is -0.307. The molecule has 0 aliphatic carbocycles. The van der Waals surface area contributed by atoms with Crippen LogP contribution >= 0.6 is 0 Å². The van der Waals surface area contributed by atoms with Crippen LogP contribution in [-0.4, -0.2) is 24.0 Å². The van der Waals surface area contributed by atoms with Gasteiger partial charge >= 0.3 is 5.63 Å². The molecule has 3 rings (SSSR count). The Hall–Kier alpha value is -3.61. The summed E-state index contributed by atoms with van der Waals surface area (Å²) in [5.41, 5.74) is 3.00. The summed E-state index contributed by atoms with van der Waals surface area (Å²) in [5.74, 6) is -1.60. The molecule has 1 amide bonds. The number of aryl methyl sites for hydroxylation is 2. The van der Waals surface area contributed by atoms with Crippen molar-refractivity contribution in [3.8, 4) is 5.75 Å². The zero-order valence-corrected chi connectivity index (χ0v) is 17.9. The molecular formula is C24H24NO6-. The quantitative estimate of drug-likeness (QED) is 0.584. The van der Waals surface area contributed by atoms with Crippen molar-refractivity contribution in [1.29, 1.82) is 0 Å². The molecule has 0 saturated heterocycles. The van der Waals surface area contributed by atoms with E-state index in [2.05, 4.69) is 5.32 Å². The maximum Gasteiger partial charge on any atom is 0.340 e. The predicted octanol–water partition coefficient (Wildman–Crippen LogP) is 2.02. The minimum atomic E-state index is -1.38. The smallest absolute Gasteiger partial charge is 0.340 e. The molecule has 2 atom stereocenters. The van der Waals surface area contributed by atoms with Crippen LogP contribution in [0.15, 0.2) is 51.7 Å². The Morgan fingerprint density at radius 2 is 1.74 bits per heavy atom. The van der Waals surface area contributed by atoms with Crippen LogP contribution in [-0.2, 0) is 16.0 Å². The van der Waals surface area contributed by atoms with Crippen LogP contribution in [0.1, 0.15) is 36.1 Å². The topological polar surface area (TPSA) is 109 Å². The highest BCUT2D eigenvalue weighted by molar-refractivity contribution is 5.87. The summed E-state index contributed by atoms with van der Waals surface area (Å²) in [6.45, 7) is 6.44. The third-order valence-electron chi connectivity index (χ3n) is 5.26. The van der Waals surface area contributed by atoms with Gasteiger partial charge in [-0.3, -0.25) is 4.79 Å². The van der Waals surface area contributed by atoms with Gasteiger partial charge in [0.1, 0.15) is 11.3 Å². The van der Waals surface area contributed by atoms with Crippen molar-refractivity contribution in [2.75, 3.05) is 0 Å². The number of benzene rings is 2. The SMILES string of the molecule is Cc1c(Cc2ccccc2)c(=O)oc2c(C)c(O[C@H](C)C(=O)N[C@@H](C)C(=O)[O-])ccc12. The standard InChI is InChI=1S/C24H25NO6/c1-13-18-10-11-20(30-16(4)22(26)25-15(3)23(27)28)14(2)21(18)31-24(29)19(13)12-17-8-6-5-7-9-17/h5-11,15-16H,12H2,1-4H3,(H,25,26)(H,27,28)/p-1/t15-,16+/m0/s1. The van der Waals surface area contributed by atoms with Crippen molar-refractivity contribution in [2.24, 2.45) is 0 Å². The van der Waals surface area contributed by atoms with Gasteiger partial charge in [-0.25, -0.2) is 4.79 Å². The highest BCUT2D eigenvalue weighted by Crippen LogP contribution is 2.30. The Labute approximate surface area is 179 Å². The second-order valence-electron chi connectivity index (χ2n) is 7.53. The first-order valence-electron chi connectivity index (χ1n) is 9.96. The van der Waals surface area contributed by atoms with Crippen molar-refractivity contribution in [3.63, 3.8) is 0 Å². The largest absolute Gasteiger partial charge is 0.548 e. The lowest BCUT2D eigenvalue weighted by Gasteiger charge is -2.20. The van der Waals surface area contributed by atoms with Crippen LogP contribution in [0.4, 0.5) is 0 Å². The second kappa shape index (κ2) is 9.04. The molecule has 0 saturated carbocycles. The summed E-state index contributed by atoms with van der Waals surface area (Å²) in [6.07, 6.45) is -0.487. The fraction of sp³-hybridized carbons (Fsp3) is 0.292. The molecule has 0 bridgehead atoms. The normalized spacial score (nSPS) is 12.9. The van der Waals surface area contributed by atoms with Crippen LogP contribution in [0.5, 0.6) is 5.75 Å². The van der Waals surface area contributed by atoms with Crippen LogP contribution in [0.2, 0.25) is 0 Å².